The van der Waals surface area contributed by atoms with Gasteiger partial charge in [0.05, 0.1) is 6.42 Å². The van der Waals surface area contributed by atoms with Gasteiger partial charge in [0.25, 0.3) is 0 Å². The number of carbonyl (C=O) groups is 1. The number of aliphatic hydroxyl groups is 1. The number of hydrogen-bond acceptors (Lipinski definition) is 6. The lowest BCUT2D eigenvalue weighted by molar-refractivity contribution is -0.137. The Morgan fingerprint density at radius 1 is 0.917 bits per heavy atom. The monoisotopic (exact) mass is 334 g/mol. The van der Waals surface area contributed by atoms with Gasteiger partial charge in [0.2, 0.25) is 0 Å². The van der Waals surface area contributed by atoms with Crippen molar-refractivity contribution in [3.05, 3.63) is 47.0 Å². The molecule has 0 unspecified atom stereocenters. The zero-order valence-corrected chi connectivity index (χ0v) is 12.7. The van der Waals surface area contributed by atoms with Gasteiger partial charge in [-0.3, -0.25) is 4.79 Å². The van der Waals surface area contributed by atoms with Crippen molar-refractivity contribution in [2.45, 2.75) is 18.8 Å². The molecule has 0 heterocycles. The standard InChI is InChI=1S/C17H18O7/c18-4-3-10-6-15(21)16(22)7-11(10)12(8-17(23)24)9-1-2-13(19)14(20)5-9/h1-2,5-7,12,18-22H,3-4,8H2,(H,23,24)/t12-/m1/s1. The molecule has 2 rings (SSSR count). The molecule has 2 aromatic rings. The third kappa shape index (κ3) is 3.69. The third-order valence-electron chi connectivity index (χ3n) is 3.77. The maximum absolute atomic E-state index is 11.3. The fourth-order valence-electron chi connectivity index (χ4n) is 2.64. The minimum Gasteiger partial charge on any atom is -0.504 e. The van der Waals surface area contributed by atoms with Crippen LogP contribution in [0.25, 0.3) is 0 Å². The SMILES string of the molecule is O=C(O)C[C@H](c1ccc(O)c(O)c1)c1cc(O)c(O)cc1CCO. The zero-order valence-electron chi connectivity index (χ0n) is 12.7. The fourth-order valence-corrected chi connectivity index (χ4v) is 2.64. The molecule has 0 saturated heterocycles. The molecule has 0 aliphatic heterocycles. The molecule has 0 aromatic heterocycles. The second-order valence-electron chi connectivity index (χ2n) is 5.41. The van der Waals surface area contributed by atoms with Crippen molar-refractivity contribution in [2.24, 2.45) is 0 Å². The number of carboxylic acids is 1. The number of rotatable bonds is 6. The number of phenols is 4. The summed E-state index contributed by atoms with van der Waals surface area (Å²) >= 11 is 0. The van der Waals surface area contributed by atoms with E-state index < -0.39 is 23.4 Å². The van der Waals surface area contributed by atoms with E-state index in [2.05, 4.69) is 0 Å². The van der Waals surface area contributed by atoms with E-state index in [4.69, 9.17) is 0 Å². The molecule has 7 nitrogen and oxygen atoms in total. The first kappa shape index (κ1) is 17.4. The number of carboxylic acid groups (broad SMARTS) is 1. The molecule has 24 heavy (non-hydrogen) atoms. The van der Waals surface area contributed by atoms with Crippen molar-refractivity contribution in [1.82, 2.24) is 0 Å². The smallest absolute Gasteiger partial charge is 0.304 e. The Morgan fingerprint density at radius 3 is 2.12 bits per heavy atom. The Bertz CT molecular complexity index is 755. The number of aliphatic hydroxyl groups excluding tert-OH is 1. The molecule has 2 aromatic carbocycles. The maximum atomic E-state index is 11.3. The normalized spacial score (nSPS) is 12.0. The van der Waals surface area contributed by atoms with Crippen LogP contribution in [0.3, 0.4) is 0 Å². The molecule has 0 saturated carbocycles. The predicted molar refractivity (Wildman–Crippen MR) is 84.4 cm³/mol. The van der Waals surface area contributed by atoms with Crippen LogP contribution in [0.15, 0.2) is 30.3 Å². The van der Waals surface area contributed by atoms with Gasteiger partial charge in [-0.2, -0.15) is 0 Å². The van der Waals surface area contributed by atoms with Gasteiger partial charge in [-0.15, -0.1) is 0 Å². The first-order valence-electron chi connectivity index (χ1n) is 7.22. The Morgan fingerprint density at radius 2 is 1.54 bits per heavy atom. The molecule has 0 fully saturated rings. The van der Waals surface area contributed by atoms with Crippen LogP contribution in [0, 0.1) is 0 Å². The lowest BCUT2D eigenvalue weighted by Crippen LogP contribution is -2.11. The quantitative estimate of drug-likeness (QED) is 0.442. The highest BCUT2D eigenvalue weighted by atomic mass is 16.4. The van der Waals surface area contributed by atoms with E-state index in [1.54, 1.807) is 0 Å². The van der Waals surface area contributed by atoms with Crippen LogP contribution < -0.4 is 0 Å². The molecular weight excluding hydrogens is 316 g/mol. The Balaban J connectivity index is 2.61. The minimum absolute atomic E-state index is 0.156. The molecule has 128 valence electrons. The summed E-state index contributed by atoms with van der Waals surface area (Å²) in [5.41, 5.74) is 1.30. The summed E-state index contributed by atoms with van der Waals surface area (Å²) < 4.78 is 0. The number of benzene rings is 2. The molecule has 1 atom stereocenters. The molecular formula is C17H18O7. The van der Waals surface area contributed by atoms with Gasteiger partial charge in [-0.05, 0) is 47.4 Å². The molecule has 0 spiro atoms. The van der Waals surface area contributed by atoms with E-state index in [1.165, 1.54) is 30.3 Å². The van der Waals surface area contributed by atoms with E-state index in [0.29, 0.717) is 16.7 Å². The van der Waals surface area contributed by atoms with E-state index in [0.717, 1.165) is 0 Å². The average Bonchev–Trinajstić information content (AvgIpc) is 2.51. The van der Waals surface area contributed by atoms with E-state index in [1.807, 2.05) is 0 Å². The first-order chi connectivity index (χ1) is 11.3. The van der Waals surface area contributed by atoms with Gasteiger partial charge in [0.1, 0.15) is 0 Å². The Hall–Kier alpha value is -2.93. The largest absolute Gasteiger partial charge is 0.504 e. The molecule has 0 radical (unpaired) electrons. The third-order valence-corrected chi connectivity index (χ3v) is 3.77. The van der Waals surface area contributed by atoms with Crippen LogP contribution in [0.4, 0.5) is 0 Å². The first-order valence-corrected chi connectivity index (χ1v) is 7.22. The topological polar surface area (TPSA) is 138 Å². The van der Waals surface area contributed by atoms with Crippen LogP contribution >= 0.6 is 0 Å². The maximum Gasteiger partial charge on any atom is 0.304 e. The van der Waals surface area contributed by atoms with E-state index in [9.17, 15) is 35.4 Å². The van der Waals surface area contributed by atoms with Gasteiger partial charge < -0.3 is 30.6 Å². The van der Waals surface area contributed by atoms with Crippen LogP contribution in [0.1, 0.15) is 29.0 Å². The summed E-state index contributed by atoms with van der Waals surface area (Å²) in [6.07, 6.45) is -0.184. The number of hydrogen-bond donors (Lipinski definition) is 6. The van der Waals surface area contributed by atoms with Crippen molar-refractivity contribution in [3.8, 4) is 23.0 Å². The average molecular weight is 334 g/mol. The summed E-state index contributed by atoms with van der Waals surface area (Å²) in [5.74, 6) is -3.36. The lowest BCUT2D eigenvalue weighted by Gasteiger charge is -2.21. The second kappa shape index (κ2) is 7.10. The van der Waals surface area contributed by atoms with Crippen molar-refractivity contribution in [3.63, 3.8) is 0 Å². The molecule has 6 N–H and O–H groups in total. The van der Waals surface area contributed by atoms with Gasteiger partial charge in [0.15, 0.2) is 23.0 Å². The lowest BCUT2D eigenvalue weighted by atomic mass is 9.84. The van der Waals surface area contributed by atoms with Gasteiger partial charge in [0, 0.05) is 12.5 Å². The highest BCUT2D eigenvalue weighted by Crippen LogP contribution is 2.39. The number of aliphatic carboxylic acids is 1. The summed E-state index contributed by atoms with van der Waals surface area (Å²) in [4.78, 5) is 11.3. The summed E-state index contributed by atoms with van der Waals surface area (Å²) in [5, 5.41) is 56.9. The van der Waals surface area contributed by atoms with Crippen LogP contribution in [-0.4, -0.2) is 43.2 Å². The molecule has 0 aliphatic carbocycles. The van der Waals surface area contributed by atoms with Gasteiger partial charge >= 0.3 is 5.97 Å². The summed E-state index contributed by atoms with van der Waals surface area (Å²) in [6, 6.07) is 6.48. The molecule has 0 amide bonds. The highest BCUT2D eigenvalue weighted by molar-refractivity contribution is 5.70. The van der Waals surface area contributed by atoms with E-state index in [-0.39, 0.29) is 30.9 Å². The van der Waals surface area contributed by atoms with Crippen molar-refractivity contribution < 1.29 is 35.4 Å². The van der Waals surface area contributed by atoms with Crippen LogP contribution in [0.2, 0.25) is 0 Å². The summed E-state index contributed by atoms with van der Waals surface area (Å²) in [6.45, 7) is -0.224. The predicted octanol–water partition coefficient (Wildman–Crippen LogP) is 1.65. The Labute approximate surface area is 137 Å². The highest BCUT2D eigenvalue weighted by Gasteiger charge is 2.23. The fraction of sp³-hybridized carbons (Fsp3) is 0.235. The van der Waals surface area contributed by atoms with Crippen LogP contribution in [-0.2, 0) is 11.2 Å². The van der Waals surface area contributed by atoms with Gasteiger partial charge in [-0.25, -0.2) is 0 Å². The van der Waals surface area contributed by atoms with Crippen molar-refractivity contribution in [2.75, 3.05) is 6.61 Å². The van der Waals surface area contributed by atoms with E-state index >= 15 is 0 Å². The second-order valence-corrected chi connectivity index (χ2v) is 5.41. The molecule has 0 bridgehead atoms. The molecule has 0 aliphatic rings. The summed E-state index contributed by atoms with van der Waals surface area (Å²) in [7, 11) is 0. The van der Waals surface area contributed by atoms with Crippen molar-refractivity contribution in [1.29, 1.82) is 0 Å². The minimum atomic E-state index is -1.10. The zero-order chi connectivity index (χ0) is 17.9. The van der Waals surface area contributed by atoms with Crippen molar-refractivity contribution >= 4 is 5.97 Å². The van der Waals surface area contributed by atoms with Gasteiger partial charge in [-0.1, -0.05) is 6.07 Å². The number of phenolic OH excluding ortho intramolecular Hbond substituents is 4. The Kier molecular flexibility index (Phi) is 5.15. The molecule has 7 heteroatoms. The van der Waals surface area contributed by atoms with Crippen LogP contribution in [0.5, 0.6) is 23.0 Å². The number of aromatic hydroxyl groups is 4.